The van der Waals surface area contributed by atoms with Crippen LogP contribution >= 0.6 is 11.6 Å². The molecular formula is C18H18ClNO3. The molecule has 3 rings (SSSR count). The molecule has 2 aromatic rings. The molecule has 1 heterocycles. The van der Waals surface area contributed by atoms with Crippen LogP contribution in [0.25, 0.3) is 0 Å². The Hall–Kier alpha value is -2.04. The monoisotopic (exact) mass is 331 g/mol. The van der Waals surface area contributed by atoms with Gasteiger partial charge in [-0.3, -0.25) is 4.79 Å². The molecule has 1 aliphatic heterocycles. The van der Waals surface area contributed by atoms with E-state index < -0.39 is 6.10 Å². The van der Waals surface area contributed by atoms with Crippen LogP contribution < -0.4 is 10.1 Å². The second-order valence-corrected chi connectivity index (χ2v) is 6.00. The molecule has 0 aliphatic carbocycles. The molecule has 0 bridgehead atoms. The minimum Gasteiger partial charge on any atom is -0.493 e. The van der Waals surface area contributed by atoms with E-state index in [1.54, 1.807) is 6.07 Å². The number of amides is 1. The SMILES string of the molecule is O=C(Cc1cc(Cl)cc2c1OCC2)NCC(O)c1ccccc1. The molecule has 0 aromatic heterocycles. The molecule has 0 spiro atoms. The summed E-state index contributed by atoms with van der Waals surface area (Å²) in [5.41, 5.74) is 2.61. The number of hydrogen-bond donors (Lipinski definition) is 2. The van der Waals surface area contributed by atoms with Gasteiger partial charge in [-0.05, 0) is 23.3 Å². The predicted octanol–water partition coefficient (Wildman–Crippen LogP) is 2.67. The Bertz CT molecular complexity index is 703. The van der Waals surface area contributed by atoms with Gasteiger partial charge in [-0.1, -0.05) is 41.9 Å². The van der Waals surface area contributed by atoms with Gasteiger partial charge in [0.15, 0.2) is 0 Å². The van der Waals surface area contributed by atoms with Crippen LogP contribution in [0.3, 0.4) is 0 Å². The third-order valence-electron chi connectivity index (χ3n) is 3.85. The van der Waals surface area contributed by atoms with Gasteiger partial charge in [0.2, 0.25) is 5.91 Å². The Kier molecular flexibility index (Phi) is 4.84. The van der Waals surface area contributed by atoms with E-state index in [9.17, 15) is 9.90 Å². The van der Waals surface area contributed by atoms with Gasteiger partial charge < -0.3 is 15.2 Å². The predicted molar refractivity (Wildman–Crippen MR) is 88.8 cm³/mol. The number of aliphatic hydroxyl groups is 1. The van der Waals surface area contributed by atoms with Crippen LogP contribution in [0, 0.1) is 0 Å². The second-order valence-electron chi connectivity index (χ2n) is 5.56. The van der Waals surface area contributed by atoms with E-state index in [1.165, 1.54) is 0 Å². The van der Waals surface area contributed by atoms with Crippen LogP contribution in [0.15, 0.2) is 42.5 Å². The fourth-order valence-electron chi connectivity index (χ4n) is 2.72. The Morgan fingerprint density at radius 3 is 2.87 bits per heavy atom. The molecular weight excluding hydrogens is 314 g/mol. The van der Waals surface area contributed by atoms with Crippen molar-refractivity contribution in [1.82, 2.24) is 5.32 Å². The van der Waals surface area contributed by atoms with Crippen molar-refractivity contribution in [2.24, 2.45) is 0 Å². The third kappa shape index (κ3) is 3.84. The minimum absolute atomic E-state index is 0.167. The highest BCUT2D eigenvalue weighted by Gasteiger charge is 2.19. The number of carbonyl (C=O) groups excluding carboxylic acids is 1. The number of hydrogen-bond acceptors (Lipinski definition) is 3. The molecule has 5 heteroatoms. The van der Waals surface area contributed by atoms with E-state index in [0.717, 1.165) is 28.9 Å². The standard InChI is InChI=1S/C18H18ClNO3/c19-15-8-13-6-7-23-18(13)14(9-15)10-17(22)20-11-16(21)12-4-2-1-3-5-12/h1-5,8-9,16,21H,6-7,10-11H2,(H,20,22). The molecule has 2 N–H and O–H groups in total. The van der Waals surface area contributed by atoms with Gasteiger partial charge in [-0.25, -0.2) is 0 Å². The average molecular weight is 332 g/mol. The van der Waals surface area contributed by atoms with Crippen molar-refractivity contribution in [2.45, 2.75) is 18.9 Å². The largest absolute Gasteiger partial charge is 0.493 e. The maximum atomic E-state index is 12.1. The molecule has 1 aliphatic rings. The molecule has 23 heavy (non-hydrogen) atoms. The van der Waals surface area contributed by atoms with E-state index in [0.29, 0.717) is 11.6 Å². The number of nitrogens with one attached hydrogen (secondary N) is 1. The highest BCUT2D eigenvalue weighted by atomic mass is 35.5. The summed E-state index contributed by atoms with van der Waals surface area (Å²) in [6, 6.07) is 12.9. The van der Waals surface area contributed by atoms with Crippen LogP contribution in [-0.4, -0.2) is 24.2 Å². The number of aliphatic hydroxyl groups excluding tert-OH is 1. The molecule has 120 valence electrons. The topological polar surface area (TPSA) is 58.6 Å². The number of fused-ring (bicyclic) bond motifs is 1. The van der Waals surface area contributed by atoms with Gasteiger partial charge in [0.1, 0.15) is 5.75 Å². The maximum absolute atomic E-state index is 12.1. The highest BCUT2D eigenvalue weighted by molar-refractivity contribution is 6.30. The smallest absolute Gasteiger partial charge is 0.224 e. The summed E-state index contributed by atoms with van der Waals surface area (Å²) in [6.45, 7) is 0.795. The van der Waals surface area contributed by atoms with E-state index in [4.69, 9.17) is 16.3 Å². The first-order valence-electron chi connectivity index (χ1n) is 7.57. The van der Waals surface area contributed by atoms with Crippen LogP contribution in [0.2, 0.25) is 5.02 Å². The lowest BCUT2D eigenvalue weighted by atomic mass is 10.0. The number of rotatable bonds is 5. The zero-order valence-electron chi connectivity index (χ0n) is 12.6. The van der Waals surface area contributed by atoms with Crippen LogP contribution in [0.1, 0.15) is 22.8 Å². The summed E-state index contributed by atoms with van der Waals surface area (Å²) in [5, 5.41) is 13.4. The summed E-state index contributed by atoms with van der Waals surface area (Å²) in [6.07, 6.45) is 0.281. The Morgan fingerprint density at radius 1 is 1.30 bits per heavy atom. The first-order chi connectivity index (χ1) is 11.1. The molecule has 0 saturated carbocycles. The summed E-state index contributed by atoms with van der Waals surface area (Å²) in [4.78, 5) is 12.1. The van der Waals surface area contributed by atoms with E-state index in [2.05, 4.69) is 5.32 Å². The molecule has 2 aromatic carbocycles. The summed E-state index contributed by atoms with van der Waals surface area (Å²) in [7, 11) is 0. The van der Waals surface area contributed by atoms with E-state index in [1.807, 2.05) is 36.4 Å². The molecule has 1 unspecified atom stereocenters. The number of ether oxygens (including phenoxy) is 1. The van der Waals surface area contributed by atoms with Crippen molar-refractivity contribution in [2.75, 3.05) is 13.2 Å². The summed E-state index contributed by atoms with van der Waals surface area (Å²) < 4.78 is 5.59. The fourth-order valence-corrected chi connectivity index (χ4v) is 2.98. The Labute approximate surface area is 140 Å². The maximum Gasteiger partial charge on any atom is 0.224 e. The van der Waals surface area contributed by atoms with E-state index in [-0.39, 0.29) is 18.9 Å². The number of benzene rings is 2. The van der Waals surface area contributed by atoms with Gasteiger partial charge in [-0.15, -0.1) is 0 Å². The van der Waals surface area contributed by atoms with Crippen molar-refractivity contribution in [3.63, 3.8) is 0 Å². The quantitative estimate of drug-likeness (QED) is 0.885. The van der Waals surface area contributed by atoms with Crippen LogP contribution in [0.4, 0.5) is 0 Å². The lowest BCUT2D eigenvalue weighted by Gasteiger charge is -2.13. The minimum atomic E-state index is -0.721. The molecule has 0 radical (unpaired) electrons. The first kappa shape index (κ1) is 15.8. The van der Waals surface area contributed by atoms with Gasteiger partial charge >= 0.3 is 0 Å². The highest BCUT2D eigenvalue weighted by Crippen LogP contribution is 2.33. The normalized spacial score (nSPS) is 14.0. The Morgan fingerprint density at radius 2 is 2.09 bits per heavy atom. The summed E-state index contributed by atoms with van der Waals surface area (Å²) >= 11 is 6.09. The fraction of sp³-hybridized carbons (Fsp3) is 0.278. The number of carbonyl (C=O) groups is 1. The zero-order chi connectivity index (χ0) is 16.2. The Balaban J connectivity index is 1.60. The number of halogens is 1. The van der Waals surface area contributed by atoms with Gasteiger partial charge in [0.25, 0.3) is 0 Å². The van der Waals surface area contributed by atoms with Gasteiger partial charge in [0.05, 0.1) is 19.1 Å². The van der Waals surface area contributed by atoms with Crippen molar-refractivity contribution in [3.05, 3.63) is 64.2 Å². The van der Waals surface area contributed by atoms with Crippen LogP contribution in [0.5, 0.6) is 5.75 Å². The van der Waals surface area contributed by atoms with E-state index >= 15 is 0 Å². The molecule has 0 fully saturated rings. The first-order valence-corrected chi connectivity index (χ1v) is 7.95. The van der Waals surface area contributed by atoms with Crippen molar-refractivity contribution in [1.29, 1.82) is 0 Å². The molecule has 4 nitrogen and oxygen atoms in total. The molecule has 1 atom stereocenters. The van der Waals surface area contributed by atoms with Crippen molar-refractivity contribution in [3.8, 4) is 5.75 Å². The molecule has 1 amide bonds. The summed E-state index contributed by atoms with van der Waals surface area (Å²) in [5.74, 6) is 0.605. The lowest BCUT2D eigenvalue weighted by molar-refractivity contribution is -0.120. The average Bonchev–Trinajstić information content (AvgIpc) is 3.02. The van der Waals surface area contributed by atoms with Crippen molar-refractivity contribution < 1.29 is 14.6 Å². The second kappa shape index (κ2) is 7.02. The lowest BCUT2D eigenvalue weighted by Crippen LogP contribution is -2.29. The molecule has 0 saturated heterocycles. The van der Waals surface area contributed by atoms with Gasteiger partial charge in [-0.2, -0.15) is 0 Å². The third-order valence-corrected chi connectivity index (χ3v) is 4.07. The van der Waals surface area contributed by atoms with Gasteiger partial charge in [0, 0.05) is 23.6 Å². The zero-order valence-corrected chi connectivity index (χ0v) is 13.3. The van der Waals surface area contributed by atoms with Crippen LogP contribution in [-0.2, 0) is 17.6 Å². The van der Waals surface area contributed by atoms with Crippen molar-refractivity contribution >= 4 is 17.5 Å².